The van der Waals surface area contributed by atoms with E-state index in [0.717, 1.165) is 12.1 Å². The average Bonchev–Trinajstić information content (AvgIpc) is 2.34. The van der Waals surface area contributed by atoms with Crippen molar-refractivity contribution < 1.29 is 17.2 Å². The number of benzene rings is 1. The Hall–Kier alpha value is -1.25. The summed E-state index contributed by atoms with van der Waals surface area (Å²) in [7, 11) is -4.24. The van der Waals surface area contributed by atoms with Crippen LogP contribution in [0.1, 0.15) is 0 Å². The number of pyridine rings is 1. The van der Waals surface area contributed by atoms with Crippen molar-refractivity contribution in [3.8, 4) is 0 Å². The molecule has 0 amide bonds. The zero-order chi connectivity index (χ0) is 14.9. The van der Waals surface area contributed by atoms with Crippen LogP contribution in [-0.2, 0) is 10.0 Å². The van der Waals surface area contributed by atoms with E-state index in [-0.39, 0.29) is 14.5 Å². The van der Waals surface area contributed by atoms with Gasteiger partial charge in [0.2, 0.25) is 0 Å². The van der Waals surface area contributed by atoms with Crippen LogP contribution in [-0.4, -0.2) is 13.4 Å². The molecule has 4 nitrogen and oxygen atoms in total. The van der Waals surface area contributed by atoms with Gasteiger partial charge in [-0.25, -0.2) is 22.2 Å². The quantitative estimate of drug-likeness (QED) is 0.824. The van der Waals surface area contributed by atoms with Crippen LogP contribution in [0.4, 0.5) is 14.5 Å². The molecular formula is C11H6BrClF2N2O2S. The Morgan fingerprint density at radius 2 is 1.85 bits per heavy atom. The molecule has 0 saturated carbocycles. The number of aromatic nitrogens is 1. The number of nitrogens with zero attached hydrogens (tertiary/aromatic N) is 1. The first kappa shape index (κ1) is 15.1. The van der Waals surface area contributed by atoms with Crippen molar-refractivity contribution in [2.75, 3.05) is 4.72 Å². The number of anilines is 1. The Morgan fingerprint density at radius 3 is 2.40 bits per heavy atom. The molecule has 0 aliphatic heterocycles. The van der Waals surface area contributed by atoms with Gasteiger partial charge in [-0.15, -0.1) is 0 Å². The first-order valence-electron chi connectivity index (χ1n) is 5.09. The fourth-order valence-corrected chi connectivity index (χ4v) is 3.33. The van der Waals surface area contributed by atoms with Crippen molar-refractivity contribution in [2.24, 2.45) is 0 Å². The fraction of sp³-hybridized carbons (Fsp3) is 0. The van der Waals surface area contributed by atoms with Gasteiger partial charge in [-0.2, -0.15) is 0 Å². The molecule has 0 fully saturated rings. The highest BCUT2D eigenvalue weighted by Gasteiger charge is 2.22. The molecule has 1 heterocycles. The monoisotopic (exact) mass is 382 g/mol. The van der Waals surface area contributed by atoms with Gasteiger partial charge < -0.3 is 0 Å². The zero-order valence-corrected chi connectivity index (χ0v) is 12.7. The second-order valence-electron chi connectivity index (χ2n) is 3.64. The molecule has 9 heteroatoms. The molecule has 0 saturated heterocycles. The second-order valence-corrected chi connectivity index (χ2v) is 6.57. The molecule has 106 valence electrons. The van der Waals surface area contributed by atoms with Crippen molar-refractivity contribution in [2.45, 2.75) is 4.90 Å². The van der Waals surface area contributed by atoms with Gasteiger partial charge in [0.1, 0.15) is 15.7 Å². The molecular weight excluding hydrogens is 378 g/mol. The lowest BCUT2D eigenvalue weighted by Gasteiger charge is -2.10. The zero-order valence-electron chi connectivity index (χ0n) is 9.57. The van der Waals surface area contributed by atoms with Crippen molar-refractivity contribution in [3.63, 3.8) is 0 Å². The van der Waals surface area contributed by atoms with Crippen LogP contribution in [0.2, 0.25) is 5.15 Å². The SMILES string of the molecule is O=S(=O)(Nc1c(F)cc(Br)cc1F)c1cccnc1Cl. The summed E-state index contributed by atoms with van der Waals surface area (Å²) in [6.45, 7) is 0. The molecule has 1 aromatic heterocycles. The second kappa shape index (κ2) is 5.63. The third-order valence-corrected chi connectivity index (χ3v) is 4.51. The summed E-state index contributed by atoms with van der Waals surface area (Å²) < 4.78 is 53.3. The van der Waals surface area contributed by atoms with Crippen LogP contribution in [0.15, 0.2) is 39.8 Å². The Kier molecular flexibility index (Phi) is 4.26. The lowest BCUT2D eigenvalue weighted by atomic mass is 10.3. The molecule has 2 aromatic rings. The number of hydrogen-bond acceptors (Lipinski definition) is 3. The Bertz CT molecular complexity index is 748. The lowest BCUT2D eigenvalue weighted by molar-refractivity contribution is 0.582. The van der Waals surface area contributed by atoms with Gasteiger partial charge >= 0.3 is 0 Å². The van der Waals surface area contributed by atoms with E-state index >= 15 is 0 Å². The van der Waals surface area contributed by atoms with Crippen LogP contribution < -0.4 is 4.72 Å². The summed E-state index contributed by atoms with van der Waals surface area (Å²) in [5.41, 5.74) is -0.784. The van der Waals surface area contributed by atoms with Crippen LogP contribution in [0.3, 0.4) is 0 Å². The van der Waals surface area contributed by atoms with Crippen molar-refractivity contribution in [1.29, 1.82) is 0 Å². The van der Waals surface area contributed by atoms with Gasteiger partial charge in [-0.1, -0.05) is 27.5 Å². The van der Waals surface area contributed by atoms with Gasteiger partial charge in [-0.05, 0) is 24.3 Å². The third kappa shape index (κ3) is 3.08. The first-order valence-corrected chi connectivity index (χ1v) is 7.74. The predicted octanol–water partition coefficient (Wildman–Crippen LogP) is 3.58. The highest BCUT2D eigenvalue weighted by molar-refractivity contribution is 9.10. The summed E-state index contributed by atoms with van der Waals surface area (Å²) in [4.78, 5) is 3.23. The van der Waals surface area contributed by atoms with Crippen molar-refractivity contribution in [1.82, 2.24) is 4.98 Å². The molecule has 0 bridgehead atoms. The van der Waals surface area contributed by atoms with E-state index in [1.165, 1.54) is 18.3 Å². The Balaban J connectivity index is 2.47. The first-order chi connectivity index (χ1) is 9.31. The maximum absolute atomic E-state index is 13.6. The van der Waals surface area contributed by atoms with E-state index < -0.39 is 27.3 Å². The smallest absolute Gasteiger partial charge is 0.265 e. The average molecular weight is 384 g/mol. The lowest BCUT2D eigenvalue weighted by Crippen LogP contribution is -2.16. The van der Waals surface area contributed by atoms with E-state index in [2.05, 4.69) is 20.9 Å². The van der Waals surface area contributed by atoms with E-state index in [1.54, 1.807) is 0 Å². The summed E-state index contributed by atoms with van der Waals surface area (Å²) in [5.74, 6) is -2.11. The maximum Gasteiger partial charge on any atom is 0.265 e. The summed E-state index contributed by atoms with van der Waals surface area (Å²) >= 11 is 8.55. The summed E-state index contributed by atoms with van der Waals surface area (Å²) in [6.07, 6.45) is 1.29. The van der Waals surface area contributed by atoms with Crippen LogP contribution in [0.25, 0.3) is 0 Å². The largest absolute Gasteiger partial charge is 0.274 e. The molecule has 20 heavy (non-hydrogen) atoms. The molecule has 0 aliphatic carbocycles. The maximum atomic E-state index is 13.6. The molecule has 2 rings (SSSR count). The van der Waals surface area contributed by atoms with Crippen LogP contribution in [0.5, 0.6) is 0 Å². The van der Waals surface area contributed by atoms with E-state index in [0.29, 0.717) is 0 Å². The van der Waals surface area contributed by atoms with Crippen LogP contribution >= 0.6 is 27.5 Å². The topological polar surface area (TPSA) is 59.1 Å². The number of sulfonamides is 1. The Labute approximate surface area is 127 Å². The number of rotatable bonds is 3. The van der Waals surface area contributed by atoms with Crippen molar-refractivity contribution in [3.05, 3.63) is 51.7 Å². The molecule has 0 radical (unpaired) electrons. The summed E-state index contributed by atoms with van der Waals surface area (Å²) in [5, 5.41) is -0.294. The molecule has 0 atom stereocenters. The number of hydrogen-bond donors (Lipinski definition) is 1. The molecule has 0 spiro atoms. The van der Waals surface area contributed by atoms with Gasteiger partial charge in [0.05, 0.1) is 0 Å². The molecule has 1 N–H and O–H groups in total. The van der Waals surface area contributed by atoms with Gasteiger partial charge in [0, 0.05) is 10.7 Å². The van der Waals surface area contributed by atoms with E-state index in [1.807, 2.05) is 4.72 Å². The number of halogens is 4. The van der Waals surface area contributed by atoms with Crippen LogP contribution in [0, 0.1) is 11.6 Å². The van der Waals surface area contributed by atoms with E-state index in [9.17, 15) is 17.2 Å². The van der Waals surface area contributed by atoms with Gasteiger partial charge in [0.15, 0.2) is 11.6 Å². The summed E-state index contributed by atoms with van der Waals surface area (Å²) in [6, 6.07) is 4.39. The minimum atomic E-state index is -4.24. The third-order valence-electron chi connectivity index (χ3n) is 2.26. The predicted molar refractivity (Wildman–Crippen MR) is 74.1 cm³/mol. The number of nitrogens with one attached hydrogen (secondary N) is 1. The minimum Gasteiger partial charge on any atom is -0.274 e. The standard InChI is InChI=1S/C11H6BrClF2N2O2S/c12-6-4-7(14)10(8(15)5-6)17-20(18,19)9-2-1-3-16-11(9)13/h1-5,17H. The Morgan fingerprint density at radius 1 is 1.25 bits per heavy atom. The van der Waals surface area contributed by atoms with Crippen molar-refractivity contribution >= 4 is 43.2 Å². The highest BCUT2D eigenvalue weighted by atomic mass is 79.9. The molecule has 0 unspecified atom stereocenters. The molecule has 0 aliphatic rings. The molecule has 1 aromatic carbocycles. The van der Waals surface area contributed by atoms with Gasteiger partial charge in [-0.3, -0.25) is 4.72 Å². The fourth-order valence-electron chi connectivity index (χ4n) is 1.40. The van der Waals surface area contributed by atoms with Gasteiger partial charge in [0.25, 0.3) is 10.0 Å². The highest BCUT2D eigenvalue weighted by Crippen LogP contribution is 2.27. The van der Waals surface area contributed by atoms with E-state index in [4.69, 9.17) is 11.6 Å². The normalized spacial score (nSPS) is 11.4. The minimum absolute atomic E-state index is 0.148.